The summed E-state index contributed by atoms with van der Waals surface area (Å²) in [5.41, 5.74) is 8.46. The number of rotatable bonds is 0. The van der Waals surface area contributed by atoms with Crippen LogP contribution >= 0.6 is 0 Å². The molecule has 20 heavy (non-hydrogen) atoms. The van der Waals surface area contributed by atoms with Crippen molar-refractivity contribution < 1.29 is 0 Å². The maximum atomic E-state index is 9.02. The topological polar surface area (TPSA) is 121 Å². The van der Waals surface area contributed by atoms with Crippen molar-refractivity contribution in [3.05, 3.63) is 40.5 Å². The van der Waals surface area contributed by atoms with Crippen molar-refractivity contribution >= 4 is 16.8 Å². The van der Waals surface area contributed by atoms with E-state index < -0.39 is 0 Å². The van der Waals surface area contributed by atoms with E-state index in [1.54, 1.807) is 18.2 Å². The molecule has 1 aliphatic carbocycles. The van der Waals surface area contributed by atoms with Gasteiger partial charge in [-0.1, -0.05) is 12.1 Å². The molecule has 0 atom stereocenters. The Labute approximate surface area is 115 Å². The predicted octanol–water partition coefficient (Wildman–Crippen LogP) is 2.27. The van der Waals surface area contributed by atoms with Gasteiger partial charge in [-0.3, -0.25) is 0 Å². The molecule has 0 bridgehead atoms. The first-order chi connectivity index (χ1) is 9.67. The minimum atomic E-state index is -0.0469. The number of hydrogen-bond acceptors (Lipinski definition) is 5. The Morgan fingerprint density at radius 2 is 1.45 bits per heavy atom. The molecule has 0 heterocycles. The molecule has 0 amide bonds. The number of nitrogens with two attached hydrogens (primary N) is 1. The smallest absolute Gasteiger partial charge is 0.133 e. The van der Waals surface area contributed by atoms with Gasteiger partial charge in [0.25, 0.3) is 0 Å². The molecule has 0 unspecified atom stereocenters. The van der Waals surface area contributed by atoms with Crippen LogP contribution in [0.3, 0.4) is 0 Å². The summed E-state index contributed by atoms with van der Waals surface area (Å²) in [6, 6.07) is 12.4. The largest absolute Gasteiger partial charge is 0.398 e. The van der Waals surface area contributed by atoms with Gasteiger partial charge in [0.05, 0.1) is 0 Å². The number of benzene rings is 1. The molecule has 0 saturated carbocycles. The fourth-order valence-electron chi connectivity index (χ4n) is 2.28. The van der Waals surface area contributed by atoms with Crippen LogP contribution in [0, 0.1) is 45.3 Å². The van der Waals surface area contributed by atoms with E-state index in [4.69, 9.17) is 26.8 Å². The van der Waals surface area contributed by atoms with Crippen molar-refractivity contribution in [3.8, 4) is 24.3 Å². The molecule has 0 spiro atoms. The van der Waals surface area contributed by atoms with Crippen molar-refractivity contribution in [2.24, 2.45) is 0 Å². The zero-order valence-corrected chi connectivity index (χ0v) is 10.3. The third kappa shape index (κ3) is 1.77. The van der Waals surface area contributed by atoms with Crippen molar-refractivity contribution in [3.63, 3.8) is 0 Å². The molecule has 1 aliphatic rings. The maximum absolute atomic E-state index is 9.02. The van der Waals surface area contributed by atoms with Gasteiger partial charge in [-0.2, -0.15) is 21.0 Å². The van der Waals surface area contributed by atoms with Gasteiger partial charge < -0.3 is 5.73 Å². The summed E-state index contributed by atoms with van der Waals surface area (Å²) in [4.78, 5) is 0. The molecule has 0 fully saturated rings. The lowest BCUT2D eigenvalue weighted by Crippen LogP contribution is -1.93. The highest BCUT2D eigenvalue weighted by Gasteiger charge is 2.28. The number of nitrogens with zero attached hydrogens (tertiary/aromatic N) is 4. The van der Waals surface area contributed by atoms with E-state index in [0.29, 0.717) is 28.0 Å². The molecule has 5 heteroatoms. The highest BCUT2D eigenvalue weighted by atomic mass is 14.6. The third-order valence-corrected chi connectivity index (χ3v) is 3.13. The van der Waals surface area contributed by atoms with E-state index >= 15 is 0 Å². The summed E-state index contributed by atoms with van der Waals surface area (Å²) in [5.74, 6) is 0. The van der Waals surface area contributed by atoms with Gasteiger partial charge in [0.15, 0.2) is 0 Å². The Morgan fingerprint density at radius 1 is 0.900 bits per heavy atom. The first-order valence-electron chi connectivity index (χ1n) is 5.63. The van der Waals surface area contributed by atoms with Gasteiger partial charge in [0.2, 0.25) is 0 Å². The second kappa shape index (κ2) is 4.99. The van der Waals surface area contributed by atoms with E-state index in [9.17, 15) is 0 Å². The van der Waals surface area contributed by atoms with Crippen LogP contribution < -0.4 is 5.73 Å². The van der Waals surface area contributed by atoms with Gasteiger partial charge >= 0.3 is 0 Å². The number of hydrogen-bond donors (Lipinski definition) is 1. The van der Waals surface area contributed by atoms with Crippen molar-refractivity contribution in [2.75, 3.05) is 5.73 Å². The highest BCUT2D eigenvalue weighted by Crippen LogP contribution is 2.45. The lowest BCUT2D eigenvalue weighted by Gasteiger charge is -2.04. The lowest BCUT2D eigenvalue weighted by atomic mass is 10.0. The first kappa shape index (κ1) is 12.9. The van der Waals surface area contributed by atoms with Crippen LogP contribution in [0.5, 0.6) is 0 Å². The number of nitriles is 4. The second-order valence-electron chi connectivity index (χ2n) is 4.10. The monoisotopic (exact) mass is 257 g/mol. The number of nitrogen functional groups attached to an aromatic ring is 1. The third-order valence-electron chi connectivity index (χ3n) is 3.13. The van der Waals surface area contributed by atoms with Crippen LogP contribution in [0.25, 0.3) is 11.1 Å². The zero-order chi connectivity index (χ0) is 14.7. The predicted molar refractivity (Wildman–Crippen MR) is 71.8 cm³/mol. The van der Waals surface area contributed by atoms with Crippen molar-refractivity contribution in [1.82, 2.24) is 0 Å². The first-order valence-corrected chi connectivity index (χ1v) is 5.63. The van der Waals surface area contributed by atoms with Crippen LogP contribution in [0.1, 0.15) is 17.5 Å². The maximum Gasteiger partial charge on any atom is 0.133 e. The van der Waals surface area contributed by atoms with Gasteiger partial charge in [0, 0.05) is 17.7 Å². The summed E-state index contributed by atoms with van der Waals surface area (Å²) in [5, 5.41) is 36.1. The van der Waals surface area contributed by atoms with Crippen molar-refractivity contribution in [2.45, 2.75) is 6.42 Å². The van der Waals surface area contributed by atoms with Gasteiger partial charge in [-0.15, -0.1) is 0 Å². The van der Waals surface area contributed by atoms with Crippen LogP contribution in [0.4, 0.5) is 5.69 Å². The Morgan fingerprint density at radius 3 is 2.00 bits per heavy atom. The molecule has 0 saturated heterocycles. The van der Waals surface area contributed by atoms with Gasteiger partial charge in [0.1, 0.15) is 35.4 Å². The minimum absolute atomic E-state index is 0.0259. The van der Waals surface area contributed by atoms with Gasteiger partial charge in [-0.25, -0.2) is 0 Å². The Hall–Kier alpha value is -3.54. The Balaban J connectivity index is 2.90. The number of anilines is 1. The van der Waals surface area contributed by atoms with Gasteiger partial charge in [-0.05, 0) is 22.8 Å². The van der Waals surface area contributed by atoms with Crippen LogP contribution in [-0.4, -0.2) is 0 Å². The summed E-state index contributed by atoms with van der Waals surface area (Å²) in [7, 11) is 0. The number of allylic oxidation sites excluding steroid dienone is 4. The lowest BCUT2D eigenvalue weighted by molar-refractivity contribution is 1.41. The molecule has 2 rings (SSSR count). The van der Waals surface area contributed by atoms with E-state index in [1.807, 2.05) is 24.3 Å². The SMILES string of the molecule is N#CC(C#N)=C1CC(=C(C#N)C#N)c2c(N)cccc21. The summed E-state index contributed by atoms with van der Waals surface area (Å²) in [6.07, 6.45) is 0.191. The molecular formula is C15H7N5. The Kier molecular flexibility index (Phi) is 3.22. The van der Waals surface area contributed by atoms with Crippen LogP contribution in [0.15, 0.2) is 29.3 Å². The van der Waals surface area contributed by atoms with E-state index in [2.05, 4.69) is 0 Å². The molecule has 0 aliphatic heterocycles. The second-order valence-corrected chi connectivity index (χ2v) is 4.10. The Bertz CT molecular complexity index is 797. The molecular weight excluding hydrogens is 250 g/mol. The molecule has 0 aromatic heterocycles. The fraction of sp³-hybridized carbons (Fsp3) is 0.0667. The molecule has 1 aromatic rings. The van der Waals surface area contributed by atoms with E-state index in [1.165, 1.54) is 0 Å². The van der Waals surface area contributed by atoms with E-state index in [-0.39, 0.29) is 17.6 Å². The molecule has 1 aromatic carbocycles. The normalized spacial score (nSPS) is 11.6. The van der Waals surface area contributed by atoms with Crippen LogP contribution in [-0.2, 0) is 0 Å². The summed E-state index contributed by atoms with van der Waals surface area (Å²) >= 11 is 0. The summed E-state index contributed by atoms with van der Waals surface area (Å²) < 4.78 is 0. The van der Waals surface area contributed by atoms with E-state index in [0.717, 1.165) is 0 Å². The molecule has 2 N–H and O–H groups in total. The fourth-order valence-corrected chi connectivity index (χ4v) is 2.28. The van der Waals surface area contributed by atoms with Crippen LogP contribution in [0.2, 0.25) is 0 Å². The quantitative estimate of drug-likeness (QED) is 0.564. The molecule has 92 valence electrons. The van der Waals surface area contributed by atoms with Crippen molar-refractivity contribution in [1.29, 1.82) is 21.0 Å². The molecule has 0 radical (unpaired) electrons. The standard InChI is InChI=1S/C15H7N5/c16-5-9(6-17)12-4-13(10(7-18)8-19)15-11(12)2-1-3-14(15)20/h1-3H,4,20H2. The highest BCUT2D eigenvalue weighted by molar-refractivity contribution is 6.01. The molecule has 5 nitrogen and oxygen atoms in total. The number of fused-ring (bicyclic) bond motifs is 1. The summed E-state index contributed by atoms with van der Waals surface area (Å²) in [6.45, 7) is 0. The average molecular weight is 257 g/mol. The zero-order valence-electron chi connectivity index (χ0n) is 10.3. The minimum Gasteiger partial charge on any atom is -0.398 e. The average Bonchev–Trinajstić information content (AvgIpc) is 2.83.